The summed E-state index contributed by atoms with van der Waals surface area (Å²) in [5.74, 6) is -0.109. The van der Waals surface area contributed by atoms with Gasteiger partial charge in [-0.15, -0.1) is 0 Å². The summed E-state index contributed by atoms with van der Waals surface area (Å²) in [6, 6.07) is 15.3. The fourth-order valence-electron chi connectivity index (χ4n) is 5.49. The molecule has 2 aromatic rings. The number of benzene rings is 2. The Hall–Kier alpha value is -3.15. The lowest BCUT2D eigenvalue weighted by Gasteiger charge is -2.36. The highest BCUT2D eigenvalue weighted by Gasteiger charge is 2.33. The van der Waals surface area contributed by atoms with E-state index in [9.17, 15) is 14.4 Å². The standard InChI is InChI=1S/C31H41N3O3/c1-21-9-5-6-10-25(21)29(36)33-27-12-8-7-11-26(27)32-28(35)22-17-19-34(20-18-22)30(37)23-13-15-24(16-14-23)31(2,3)4/h5-6,9-10,13-16,22,26-27H,7-8,11-12,17-20H2,1-4H3,(H,32,35)(H,33,36)/t26?,27-/m1/s1. The van der Waals surface area contributed by atoms with E-state index in [2.05, 4.69) is 31.4 Å². The van der Waals surface area contributed by atoms with Crippen LogP contribution >= 0.6 is 0 Å². The van der Waals surface area contributed by atoms with Crippen LogP contribution in [0.5, 0.6) is 0 Å². The summed E-state index contributed by atoms with van der Waals surface area (Å²) in [6.07, 6.45) is 5.13. The first kappa shape index (κ1) is 26.9. The highest BCUT2D eigenvalue weighted by molar-refractivity contribution is 5.96. The molecule has 1 saturated heterocycles. The van der Waals surface area contributed by atoms with Gasteiger partial charge in [0.15, 0.2) is 0 Å². The molecule has 4 rings (SSSR count). The largest absolute Gasteiger partial charge is 0.351 e. The third kappa shape index (κ3) is 6.60. The second kappa shape index (κ2) is 11.5. The predicted molar refractivity (Wildman–Crippen MR) is 147 cm³/mol. The van der Waals surface area contributed by atoms with E-state index in [1.807, 2.05) is 60.4 Å². The van der Waals surface area contributed by atoms with Crippen LogP contribution in [0.15, 0.2) is 48.5 Å². The van der Waals surface area contributed by atoms with Crippen LogP contribution in [0.25, 0.3) is 0 Å². The molecule has 2 aromatic carbocycles. The molecule has 0 radical (unpaired) electrons. The Kier molecular flexibility index (Phi) is 8.35. The van der Waals surface area contributed by atoms with E-state index in [1.165, 1.54) is 5.56 Å². The van der Waals surface area contributed by atoms with Crippen LogP contribution in [0.2, 0.25) is 0 Å². The normalized spacial score (nSPS) is 20.8. The Morgan fingerprint density at radius 3 is 2.00 bits per heavy atom. The van der Waals surface area contributed by atoms with Gasteiger partial charge in [-0.1, -0.05) is 63.9 Å². The van der Waals surface area contributed by atoms with Gasteiger partial charge < -0.3 is 15.5 Å². The zero-order valence-electron chi connectivity index (χ0n) is 22.7. The summed E-state index contributed by atoms with van der Waals surface area (Å²) in [7, 11) is 0. The summed E-state index contributed by atoms with van der Waals surface area (Å²) in [6.45, 7) is 9.58. The first-order valence-corrected chi connectivity index (χ1v) is 13.7. The molecule has 37 heavy (non-hydrogen) atoms. The number of carbonyl (C=O) groups excluding carboxylic acids is 3. The van der Waals surface area contributed by atoms with Gasteiger partial charge >= 0.3 is 0 Å². The Labute approximate surface area is 221 Å². The third-order valence-corrected chi connectivity index (χ3v) is 7.95. The number of piperidine rings is 1. The third-order valence-electron chi connectivity index (χ3n) is 7.95. The van der Waals surface area contributed by atoms with Gasteiger partial charge in [-0.05, 0) is 67.3 Å². The van der Waals surface area contributed by atoms with Crippen LogP contribution in [0.4, 0.5) is 0 Å². The number of amides is 3. The molecule has 3 amide bonds. The van der Waals surface area contributed by atoms with Crippen molar-refractivity contribution in [2.75, 3.05) is 13.1 Å². The van der Waals surface area contributed by atoms with Crippen molar-refractivity contribution in [3.8, 4) is 0 Å². The molecular weight excluding hydrogens is 462 g/mol. The summed E-state index contributed by atoms with van der Waals surface area (Å²) in [5.41, 5.74) is 3.58. The van der Waals surface area contributed by atoms with Crippen molar-refractivity contribution in [2.45, 2.75) is 83.7 Å². The smallest absolute Gasteiger partial charge is 0.253 e. The topological polar surface area (TPSA) is 78.5 Å². The van der Waals surface area contributed by atoms with E-state index in [0.29, 0.717) is 37.1 Å². The number of nitrogens with one attached hydrogen (secondary N) is 2. The summed E-state index contributed by atoms with van der Waals surface area (Å²) in [4.78, 5) is 41.0. The minimum absolute atomic E-state index is 0.0329. The molecule has 2 N–H and O–H groups in total. The number of aryl methyl sites for hydroxylation is 1. The molecule has 198 valence electrons. The van der Waals surface area contributed by atoms with Gasteiger partial charge in [-0.2, -0.15) is 0 Å². The summed E-state index contributed by atoms with van der Waals surface area (Å²) >= 11 is 0. The van der Waals surface area contributed by atoms with E-state index in [1.54, 1.807) is 0 Å². The van der Waals surface area contributed by atoms with Gasteiger partial charge in [0.25, 0.3) is 11.8 Å². The second-order valence-electron chi connectivity index (χ2n) is 11.7. The van der Waals surface area contributed by atoms with Gasteiger partial charge in [0.05, 0.1) is 0 Å². The SMILES string of the molecule is Cc1ccccc1C(=O)N[C@@H]1CCCCC1NC(=O)C1CCN(C(=O)c2ccc(C(C)(C)C)cc2)CC1. The van der Waals surface area contributed by atoms with E-state index < -0.39 is 0 Å². The van der Waals surface area contributed by atoms with Crippen LogP contribution in [-0.2, 0) is 10.2 Å². The van der Waals surface area contributed by atoms with Crippen LogP contribution in [0.3, 0.4) is 0 Å². The molecule has 6 nitrogen and oxygen atoms in total. The molecule has 0 aromatic heterocycles. The first-order chi connectivity index (χ1) is 17.6. The fraction of sp³-hybridized carbons (Fsp3) is 0.516. The molecule has 1 aliphatic carbocycles. The maximum atomic E-state index is 13.2. The van der Waals surface area contributed by atoms with E-state index in [0.717, 1.165) is 31.2 Å². The average Bonchev–Trinajstić information content (AvgIpc) is 2.89. The van der Waals surface area contributed by atoms with Crippen LogP contribution < -0.4 is 10.6 Å². The average molecular weight is 504 g/mol. The van der Waals surface area contributed by atoms with E-state index in [-0.39, 0.29) is 41.1 Å². The van der Waals surface area contributed by atoms with Crippen molar-refractivity contribution in [1.82, 2.24) is 15.5 Å². The Balaban J connectivity index is 1.30. The summed E-state index contributed by atoms with van der Waals surface area (Å²) in [5, 5.41) is 6.43. The minimum atomic E-state index is -0.109. The van der Waals surface area contributed by atoms with Gasteiger partial charge in [-0.3, -0.25) is 14.4 Å². The Bertz CT molecular complexity index is 1110. The highest BCUT2D eigenvalue weighted by Crippen LogP contribution is 2.25. The van der Waals surface area contributed by atoms with Crippen molar-refractivity contribution >= 4 is 17.7 Å². The van der Waals surface area contributed by atoms with Crippen molar-refractivity contribution < 1.29 is 14.4 Å². The number of likely N-dealkylation sites (tertiary alicyclic amines) is 1. The lowest BCUT2D eigenvalue weighted by molar-refractivity contribution is -0.127. The van der Waals surface area contributed by atoms with E-state index in [4.69, 9.17) is 0 Å². The molecule has 0 bridgehead atoms. The number of carbonyl (C=O) groups is 3. The van der Waals surface area contributed by atoms with Crippen LogP contribution in [0.1, 0.15) is 91.1 Å². The molecule has 6 heteroatoms. The second-order valence-corrected chi connectivity index (χ2v) is 11.7. The zero-order valence-corrected chi connectivity index (χ0v) is 22.7. The quantitative estimate of drug-likeness (QED) is 0.603. The van der Waals surface area contributed by atoms with Crippen molar-refractivity contribution in [1.29, 1.82) is 0 Å². The molecule has 0 spiro atoms. The van der Waals surface area contributed by atoms with Gasteiger partial charge in [0, 0.05) is 42.2 Å². The number of hydrogen-bond donors (Lipinski definition) is 2. The molecule has 1 aliphatic heterocycles. The van der Waals surface area contributed by atoms with Crippen LogP contribution in [-0.4, -0.2) is 47.8 Å². The molecular formula is C31H41N3O3. The maximum Gasteiger partial charge on any atom is 0.253 e. The molecule has 1 heterocycles. The lowest BCUT2D eigenvalue weighted by Crippen LogP contribution is -2.55. The predicted octanol–water partition coefficient (Wildman–Crippen LogP) is 5.00. The monoisotopic (exact) mass is 503 g/mol. The lowest BCUT2D eigenvalue weighted by atomic mass is 9.86. The molecule has 2 fully saturated rings. The zero-order chi connectivity index (χ0) is 26.6. The van der Waals surface area contributed by atoms with Crippen LogP contribution in [0, 0.1) is 12.8 Å². The van der Waals surface area contributed by atoms with Gasteiger partial charge in [0.1, 0.15) is 0 Å². The number of nitrogens with zero attached hydrogens (tertiary/aromatic N) is 1. The van der Waals surface area contributed by atoms with Gasteiger partial charge in [0.2, 0.25) is 5.91 Å². The molecule has 1 unspecified atom stereocenters. The fourth-order valence-corrected chi connectivity index (χ4v) is 5.49. The summed E-state index contributed by atoms with van der Waals surface area (Å²) < 4.78 is 0. The Morgan fingerprint density at radius 2 is 1.41 bits per heavy atom. The highest BCUT2D eigenvalue weighted by atomic mass is 16.2. The van der Waals surface area contributed by atoms with Crippen molar-refractivity contribution in [3.63, 3.8) is 0 Å². The molecule has 1 saturated carbocycles. The van der Waals surface area contributed by atoms with E-state index >= 15 is 0 Å². The minimum Gasteiger partial charge on any atom is -0.351 e. The maximum absolute atomic E-state index is 13.2. The Morgan fingerprint density at radius 1 is 0.811 bits per heavy atom. The number of rotatable bonds is 5. The van der Waals surface area contributed by atoms with Crippen molar-refractivity contribution in [3.05, 3.63) is 70.8 Å². The van der Waals surface area contributed by atoms with Gasteiger partial charge in [-0.25, -0.2) is 0 Å². The van der Waals surface area contributed by atoms with Crippen molar-refractivity contribution in [2.24, 2.45) is 5.92 Å². The number of hydrogen-bond acceptors (Lipinski definition) is 3. The molecule has 2 aliphatic rings. The first-order valence-electron chi connectivity index (χ1n) is 13.7. The molecule has 2 atom stereocenters.